The Bertz CT molecular complexity index is 455. The van der Waals surface area contributed by atoms with Gasteiger partial charge in [0.1, 0.15) is 0 Å². The molecule has 0 amide bonds. The highest BCUT2D eigenvalue weighted by Gasteiger charge is 2.23. The van der Waals surface area contributed by atoms with Gasteiger partial charge in [-0.15, -0.1) is 10.2 Å². The monoisotopic (exact) mass is 298 g/mol. The molecule has 0 saturated carbocycles. The zero-order valence-electron chi connectivity index (χ0n) is 12.1. The minimum Gasteiger partial charge on any atom is -0.481 e. The first-order chi connectivity index (χ1) is 9.65. The summed E-state index contributed by atoms with van der Waals surface area (Å²) in [6.45, 7) is 7.07. The second-order valence-electron chi connectivity index (χ2n) is 5.05. The third kappa shape index (κ3) is 3.45. The van der Waals surface area contributed by atoms with Crippen LogP contribution in [-0.2, 0) is 11.3 Å². The molecule has 0 unspecified atom stereocenters. The van der Waals surface area contributed by atoms with E-state index in [-0.39, 0.29) is 5.75 Å². The van der Waals surface area contributed by atoms with Crippen LogP contribution in [0.15, 0.2) is 5.16 Å². The van der Waals surface area contributed by atoms with Crippen LogP contribution in [0, 0.1) is 5.92 Å². The SMILES string of the molecule is CCC1CCN(c2nnc(SCC(=O)O)n2CC)CC1. The van der Waals surface area contributed by atoms with Gasteiger partial charge in [0, 0.05) is 19.6 Å². The number of hydrogen-bond acceptors (Lipinski definition) is 5. The van der Waals surface area contributed by atoms with Crippen LogP contribution in [0.5, 0.6) is 0 Å². The largest absolute Gasteiger partial charge is 0.481 e. The first kappa shape index (κ1) is 15.2. The first-order valence-corrected chi connectivity index (χ1v) is 8.17. The average molecular weight is 298 g/mol. The number of anilines is 1. The van der Waals surface area contributed by atoms with Crippen molar-refractivity contribution < 1.29 is 9.90 Å². The van der Waals surface area contributed by atoms with Gasteiger partial charge in [-0.25, -0.2) is 0 Å². The van der Waals surface area contributed by atoms with Crippen molar-refractivity contribution in [3.63, 3.8) is 0 Å². The van der Waals surface area contributed by atoms with E-state index in [9.17, 15) is 4.79 Å². The number of rotatable bonds is 6. The smallest absolute Gasteiger partial charge is 0.313 e. The van der Waals surface area contributed by atoms with Gasteiger partial charge in [-0.2, -0.15) is 0 Å². The standard InChI is InChI=1S/C13H22N4O2S/c1-3-10-5-7-16(8-6-10)12-14-15-13(17(12)4-2)20-9-11(18)19/h10H,3-9H2,1-2H3,(H,18,19). The molecule has 2 heterocycles. The Hall–Kier alpha value is -1.24. The molecule has 1 N–H and O–H groups in total. The number of carbonyl (C=O) groups is 1. The Morgan fingerprint density at radius 3 is 2.60 bits per heavy atom. The number of carboxylic acid groups (broad SMARTS) is 1. The summed E-state index contributed by atoms with van der Waals surface area (Å²) in [6.07, 6.45) is 3.64. The van der Waals surface area contributed by atoms with Gasteiger partial charge >= 0.3 is 5.97 Å². The topological polar surface area (TPSA) is 71.2 Å². The molecule has 0 bridgehead atoms. The third-order valence-electron chi connectivity index (χ3n) is 3.81. The highest BCUT2D eigenvalue weighted by Crippen LogP contribution is 2.26. The maximum atomic E-state index is 10.7. The fraction of sp³-hybridized carbons (Fsp3) is 0.769. The molecule has 20 heavy (non-hydrogen) atoms. The molecular formula is C13H22N4O2S. The number of piperidine rings is 1. The quantitative estimate of drug-likeness (QED) is 0.811. The van der Waals surface area contributed by atoms with Gasteiger partial charge in [0.05, 0.1) is 5.75 Å². The van der Waals surface area contributed by atoms with Crippen molar-refractivity contribution >= 4 is 23.7 Å². The van der Waals surface area contributed by atoms with Crippen LogP contribution in [0.3, 0.4) is 0 Å². The first-order valence-electron chi connectivity index (χ1n) is 7.18. The van der Waals surface area contributed by atoms with E-state index in [0.29, 0.717) is 5.16 Å². The zero-order chi connectivity index (χ0) is 14.5. The number of carboxylic acids is 1. The van der Waals surface area contributed by atoms with Gasteiger partial charge in [0.25, 0.3) is 0 Å². The molecule has 0 aromatic carbocycles. The van der Waals surface area contributed by atoms with E-state index in [2.05, 4.69) is 22.0 Å². The van der Waals surface area contributed by atoms with Gasteiger partial charge in [-0.3, -0.25) is 9.36 Å². The van der Waals surface area contributed by atoms with Gasteiger partial charge < -0.3 is 10.0 Å². The van der Waals surface area contributed by atoms with Crippen molar-refractivity contribution in [3.05, 3.63) is 0 Å². The lowest BCUT2D eigenvalue weighted by molar-refractivity contribution is -0.133. The van der Waals surface area contributed by atoms with E-state index in [1.54, 1.807) is 0 Å². The molecule has 112 valence electrons. The van der Waals surface area contributed by atoms with Crippen molar-refractivity contribution in [1.29, 1.82) is 0 Å². The minimum atomic E-state index is -0.828. The second-order valence-corrected chi connectivity index (χ2v) is 5.99. The van der Waals surface area contributed by atoms with Crippen molar-refractivity contribution in [1.82, 2.24) is 14.8 Å². The molecule has 6 nitrogen and oxygen atoms in total. The lowest BCUT2D eigenvalue weighted by Crippen LogP contribution is -2.35. The highest BCUT2D eigenvalue weighted by atomic mass is 32.2. The van der Waals surface area contributed by atoms with Gasteiger partial charge in [-0.1, -0.05) is 25.1 Å². The van der Waals surface area contributed by atoms with Gasteiger partial charge in [0.2, 0.25) is 5.95 Å². The van der Waals surface area contributed by atoms with E-state index >= 15 is 0 Å². The number of aliphatic carboxylic acids is 1. The summed E-state index contributed by atoms with van der Waals surface area (Å²) >= 11 is 1.23. The number of thioether (sulfide) groups is 1. The summed E-state index contributed by atoms with van der Waals surface area (Å²) in [7, 11) is 0. The molecular weight excluding hydrogens is 276 g/mol. The molecule has 1 aromatic heterocycles. The lowest BCUT2D eigenvalue weighted by atomic mass is 9.95. The van der Waals surface area contributed by atoms with Crippen molar-refractivity contribution in [3.8, 4) is 0 Å². The Morgan fingerprint density at radius 1 is 1.35 bits per heavy atom. The molecule has 7 heteroatoms. The van der Waals surface area contributed by atoms with Crippen LogP contribution in [0.2, 0.25) is 0 Å². The predicted molar refractivity (Wildman–Crippen MR) is 79.3 cm³/mol. The van der Waals surface area contributed by atoms with Crippen molar-refractivity contribution in [2.75, 3.05) is 23.7 Å². The molecule has 1 saturated heterocycles. The molecule has 0 spiro atoms. The van der Waals surface area contributed by atoms with Crippen molar-refractivity contribution in [2.24, 2.45) is 5.92 Å². The highest BCUT2D eigenvalue weighted by molar-refractivity contribution is 7.99. The van der Waals surface area contributed by atoms with Gasteiger partial charge in [-0.05, 0) is 25.7 Å². The number of nitrogens with zero attached hydrogens (tertiary/aromatic N) is 4. The third-order valence-corrected chi connectivity index (χ3v) is 4.76. The molecule has 1 aliphatic rings. The van der Waals surface area contributed by atoms with Crippen LogP contribution >= 0.6 is 11.8 Å². The normalized spacial score (nSPS) is 16.6. The minimum absolute atomic E-state index is 0.0239. The summed E-state index contributed by atoms with van der Waals surface area (Å²) in [5, 5.41) is 17.9. The molecule has 1 aromatic rings. The van der Waals surface area contributed by atoms with E-state index < -0.39 is 5.97 Å². The molecule has 1 fully saturated rings. The van der Waals surface area contributed by atoms with E-state index in [1.165, 1.54) is 31.0 Å². The average Bonchev–Trinajstić information content (AvgIpc) is 2.88. The molecule has 0 atom stereocenters. The summed E-state index contributed by atoms with van der Waals surface area (Å²) in [4.78, 5) is 12.9. The maximum absolute atomic E-state index is 10.7. The van der Waals surface area contributed by atoms with Crippen molar-refractivity contribution in [2.45, 2.75) is 44.8 Å². The van der Waals surface area contributed by atoms with E-state index in [0.717, 1.165) is 31.5 Å². The van der Waals surface area contributed by atoms with Crippen LogP contribution < -0.4 is 4.90 Å². The number of aromatic nitrogens is 3. The Morgan fingerprint density at radius 2 is 2.05 bits per heavy atom. The fourth-order valence-corrected chi connectivity index (χ4v) is 3.28. The van der Waals surface area contributed by atoms with Crippen LogP contribution in [0.4, 0.5) is 5.95 Å². The summed E-state index contributed by atoms with van der Waals surface area (Å²) in [5.74, 6) is 0.904. The molecule has 0 radical (unpaired) electrons. The van der Waals surface area contributed by atoms with Crippen LogP contribution in [0.25, 0.3) is 0 Å². The fourth-order valence-electron chi connectivity index (χ4n) is 2.57. The van der Waals surface area contributed by atoms with Gasteiger partial charge in [0.15, 0.2) is 5.16 Å². The van der Waals surface area contributed by atoms with E-state index in [1.807, 2.05) is 11.5 Å². The second kappa shape index (κ2) is 6.97. The molecule has 0 aliphatic carbocycles. The van der Waals surface area contributed by atoms with Crippen LogP contribution in [-0.4, -0.2) is 44.7 Å². The van der Waals surface area contributed by atoms with E-state index in [4.69, 9.17) is 5.11 Å². The summed E-state index contributed by atoms with van der Waals surface area (Å²) in [5.41, 5.74) is 0. The number of hydrogen-bond donors (Lipinski definition) is 1. The molecule has 2 rings (SSSR count). The zero-order valence-corrected chi connectivity index (χ0v) is 12.9. The molecule has 1 aliphatic heterocycles. The predicted octanol–water partition coefficient (Wildman–Crippen LogP) is 2.10. The Balaban J connectivity index is 2.06. The Labute approximate surface area is 123 Å². The van der Waals surface area contributed by atoms with Crippen LogP contribution in [0.1, 0.15) is 33.1 Å². The lowest BCUT2D eigenvalue weighted by Gasteiger charge is -2.32. The summed E-state index contributed by atoms with van der Waals surface area (Å²) < 4.78 is 2.01. The summed E-state index contributed by atoms with van der Waals surface area (Å²) in [6, 6.07) is 0. The maximum Gasteiger partial charge on any atom is 0.313 e. The Kier molecular flexibility index (Phi) is 5.28.